The number of carbonyl (C=O) groups excluding carboxylic acids is 2. The second-order valence-corrected chi connectivity index (χ2v) is 6.74. The Balaban J connectivity index is 1.85. The highest BCUT2D eigenvalue weighted by Crippen LogP contribution is 2.40. The Kier molecular flexibility index (Phi) is 4.71. The van der Waals surface area contributed by atoms with Gasteiger partial charge >= 0.3 is 0 Å². The van der Waals surface area contributed by atoms with Crippen molar-refractivity contribution in [1.29, 1.82) is 0 Å². The van der Waals surface area contributed by atoms with E-state index < -0.39 is 17.7 Å². The second-order valence-electron chi connectivity index (χ2n) is 6.30. The average Bonchev–Trinajstić information content (AvgIpc) is 3.31. The molecule has 1 aromatic carbocycles. The van der Waals surface area contributed by atoms with Gasteiger partial charge in [0.25, 0.3) is 11.7 Å². The van der Waals surface area contributed by atoms with E-state index in [1.54, 1.807) is 60.9 Å². The molecule has 0 radical (unpaired) electrons. The second kappa shape index (κ2) is 7.32. The molecule has 0 saturated carbocycles. The molecule has 1 unspecified atom stereocenters. The zero-order valence-corrected chi connectivity index (χ0v) is 15.3. The number of benzene rings is 1. The number of Topliss-reactive ketones (excluding diaryl/α,β-unsaturated/α-hetero) is 1. The van der Waals surface area contributed by atoms with Gasteiger partial charge < -0.3 is 14.4 Å². The van der Waals surface area contributed by atoms with Crippen molar-refractivity contribution < 1.29 is 19.1 Å². The number of halogens is 1. The summed E-state index contributed by atoms with van der Waals surface area (Å²) in [5.74, 6) is -1.19. The third-order valence-corrected chi connectivity index (χ3v) is 4.82. The third kappa shape index (κ3) is 3.18. The fourth-order valence-corrected chi connectivity index (χ4v) is 3.39. The largest absolute Gasteiger partial charge is 0.507 e. The number of rotatable bonds is 4. The summed E-state index contributed by atoms with van der Waals surface area (Å²) < 4.78 is 5.34. The standard InChI is InChI=1S/C21H15ClN2O4/c22-15-7-5-13(6-8-15)19(25)17-18(14-3-1-9-23-11-14)24(21(27)20(17)26)12-16-4-2-10-28-16/h1-11,18,25H,12H2. The number of aliphatic hydroxyl groups excluding tert-OH is 1. The first-order chi connectivity index (χ1) is 13.6. The van der Waals surface area contributed by atoms with Gasteiger partial charge in [0.05, 0.1) is 24.4 Å². The molecule has 4 rings (SSSR count). The van der Waals surface area contributed by atoms with Crippen molar-refractivity contribution in [2.45, 2.75) is 12.6 Å². The number of carbonyl (C=O) groups is 2. The number of likely N-dealkylation sites (tertiary alicyclic amines) is 1. The fraction of sp³-hybridized carbons (Fsp3) is 0.0952. The smallest absolute Gasteiger partial charge is 0.296 e. The van der Waals surface area contributed by atoms with Gasteiger partial charge in [-0.25, -0.2) is 0 Å². The van der Waals surface area contributed by atoms with Gasteiger partial charge in [0.15, 0.2) is 0 Å². The van der Waals surface area contributed by atoms with Gasteiger partial charge in [-0.05, 0) is 48.0 Å². The molecular formula is C21H15ClN2O4. The predicted octanol–water partition coefficient (Wildman–Crippen LogP) is 3.95. The maximum Gasteiger partial charge on any atom is 0.296 e. The van der Waals surface area contributed by atoms with Gasteiger partial charge in [0.1, 0.15) is 11.5 Å². The van der Waals surface area contributed by atoms with Crippen LogP contribution in [0.5, 0.6) is 0 Å². The Bertz CT molecular complexity index is 1040. The molecule has 1 amide bonds. The van der Waals surface area contributed by atoms with Gasteiger partial charge in [0, 0.05) is 23.0 Å². The average molecular weight is 395 g/mol. The van der Waals surface area contributed by atoms with Crippen LogP contribution in [-0.4, -0.2) is 26.7 Å². The molecule has 1 fully saturated rings. The number of ketones is 1. The number of hydrogen-bond donors (Lipinski definition) is 1. The summed E-state index contributed by atoms with van der Waals surface area (Å²) in [5.41, 5.74) is 1.02. The first-order valence-electron chi connectivity index (χ1n) is 8.53. The maximum atomic E-state index is 12.8. The first-order valence-corrected chi connectivity index (χ1v) is 8.90. The number of aliphatic hydroxyl groups is 1. The molecule has 0 spiro atoms. The number of hydrogen-bond acceptors (Lipinski definition) is 5. The van der Waals surface area contributed by atoms with E-state index in [1.165, 1.54) is 11.2 Å². The van der Waals surface area contributed by atoms with E-state index in [0.29, 0.717) is 21.9 Å². The molecule has 140 valence electrons. The molecule has 1 N–H and O–H groups in total. The molecule has 1 aliphatic rings. The Hall–Kier alpha value is -3.38. The van der Waals surface area contributed by atoms with Crippen molar-refractivity contribution in [2.75, 3.05) is 0 Å². The molecule has 1 saturated heterocycles. The molecule has 28 heavy (non-hydrogen) atoms. The summed E-state index contributed by atoms with van der Waals surface area (Å²) in [6, 6.07) is 12.5. The first kappa shape index (κ1) is 18.0. The molecular weight excluding hydrogens is 380 g/mol. The molecule has 1 atom stereocenters. The quantitative estimate of drug-likeness (QED) is 0.411. The number of nitrogens with zero attached hydrogens (tertiary/aromatic N) is 2. The number of amides is 1. The summed E-state index contributed by atoms with van der Waals surface area (Å²) in [7, 11) is 0. The van der Waals surface area contributed by atoms with E-state index in [0.717, 1.165) is 0 Å². The monoisotopic (exact) mass is 394 g/mol. The van der Waals surface area contributed by atoms with E-state index in [1.807, 2.05) is 0 Å². The van der Waals surface area contributed by atoms with E-state index >= 15 is 0 Å². The van der Waals surface area contributed by atoms with Crippen LogP contribution in [0.3, 0.4) is 0 Å². The lowest BCUT2D eigenvalue weighted by atomic mass is 9.96. The highest BCUT2D eigenvalue weighted by Gasteiger charge is 2.46. The van der Waals surface area contributed by atoms with Gasteiger partial charge in [0.2, 0.25) is 0 Å². The highest BCUT2D eigenvalue weighted by molar-refractivity contribution is 6.46. The lowest BCUT2D eigenvalue weighted by Gasteiger charge is -2.24. The molecule has 6 nitrogen and oxygen atoms in total. The number of aromatic nitrogens is 1. The van der Waals surface area contributed by atoms with Crippen LogP contribution < -0.4 is 0 Å². The third-order valence-electron chi connectivity index (χ3n) is 4.56. The fourth-order valence-electron chi connectivity index (χ4n) is 3.26. The van der Waals surface area contributed by atoms with Crippen molar-refractivity contribution in [1.82, 2.24) is 9.88 Å². The van der Waals surface area contributed by atoms with Crippen molar-refractivity contribution in [2.24, 2.45) is 0 Å². The lowest BCUT2D eigenvalue weighted by molar-refractivity contribution is -0.140. The van der Waals surface area contributed by atoms with Crippen LogP contribution in [0, 0.1) is 0 Å². The normalized spacial score (nSPS) is 18.6. The minimum absolute atomic E-state index is 0.00637. The van der Waals surface area contributed by atoms with E-state index in [9.17, 15) is 14.7 Å². The van der Waals surface area contributed by atoms with Crippen molar-refractivity contribution >= 4 is 29.1 Å². The SMILES string of the molecule is O=C1C(=O)N(Cc2ccco2)C(c2cccnc2)C1=C(O)c1ccc(Cl)cc1. The summed E-state index contributed by atoms with van der Waals surface area (Å²) in [4.78, 5) is 31.1. The van der Waals surface area contributed by atoms with E-state index in [4.69, 9.17) is 16.0 Å². The molecule has 2 aromatic heterocycles. The Labute approximate surface area is 165 Å². The minimum atomic E-state index is -0.783. The molecule has 0 bridgehead atoms. The summed E-state index contributed by atoms with van der Waals surface area (Å²) in [6.45, 7) is 0.0918. The topological polar surface area (TPSA) is 83.6 Å². The van der Waals surface area contributed by atoms with Crippen LogP contribution in [0.2, 0.25) is 5.02 Å². The van der Waals surface area contributed by atoms with E-state index in [-0.39, 0.29) is 17.9 Å². The predicted molar refractivity (Wildman–Crippen MR) is 102 cm³/mol. The van der Waals surface area contributed by atoms with Crippen LogP contribution in [0.4, 0.5) is 0 Å². The highest BCUT2D eigenvalue weighted by atomic mass is 35.5. The van der Waals surface area contributed by atoms with Gasteiger partial charge in [-0.3, -0.25) is 14.6 Å². The maximum absolute atomic E-state index is 12.8. The summed E-state index contributed by atoms with van der Waals surface area (Å²) in [5, 5.41) is 11.4. The zero-order valence-electron chi connectivity index (χ0n) is 14.6. The van der Waals surface area contributed by atoms with Gasteiger partial charge in [-0.15, -0.1) is 0 Å². The molecule has 0 aliphatic carbocycles. The lowest BCUT2D eigenvalue weighted by Crippen LogP contribution is -2.29. The van der Waals surface area contributed by atoms with Crippen LogP contribution in [0.1, 0.15) is 22.9 Å². The Morgan fingerprint density at radius 1 is 1.14 bits per heavy atom. The van der Waals surface area contributed by atoms with Crippen LogP contribution in [0.25, 0.3) is 5.76 Å². The van der Waals surface area contributed by atoms with Gasteiger partial charge in [-0.2, -0.15) is 0 Å². The molecule has 7 heteroatoms. The van der Waals surface area contributed by atoms with Crippen LogP contribution in [0.15, 0.2) is 77.2 Å². The minimum Gasteiger partial charge on any atom is -0.507 e. The molecule has 1 aliphatic heterocycles. The summed E-state index contributed by atoms with van der Waals surface area (Å²) in [6.07, 6.45) is 4.67. The van der Waals surface area contributed by atoms with E-state index in [2.05, 4.69) is 4.98 Å². The summed E-state index contributed by atoms with van der Waals surface area (Å²) >= 11 is 5.91. The van der Waals surface area contributed by atoms with Crippen LogP contribution in [-0.2, 0) is 16.1 Å². The zero-order chi connectivity index (χ0) is 19.7. The van der Waals surface area contributed by atoms with Crippen molar-refractivity contribution in [3.63, 3.8) is 0 Å². The van der Waals surface area contributed by atoms with Crippen molar-refractivity contribution in [3.8, 4) is 0 Å². The van der Waals surface area contributed by atoms with Crippen molar-refractivity contribution in [3.05, 3.63) is 94.7 Å². The number of furan rings is 1. The Morgan fingerprint density at radius 2 is 1.93 bits per heavy atom. The van der Waals surface area contributed by atoms with Crippen LogP contribution >= 0.6 is 11.6 Å². The molecule has 3 aromatic rings. The van der Waals surface area contributed by atoms with Gasteiger partial charge in [-0.1, -0.05) is 17.7 Å². The number of pyridine rings is 1. The Morgan fingerprint density at radius 3 is 2.57 bits per heavy atom. The molecule has 3 heterocycles.